The molecule has 0 spiro atoms. The number of aliphatic hydroxyl groups excluding tert-OH is 1. The van der Waals surface area contributed by atoms with Crippen LogP contribution >= 0.6 is 0 Å². The van der Waals surface area contributed by atoms with Gasteiger partial charge in [-0.3, -0.25) is 0 Å². The summed E-state index contributed by atoms with van der Waals surface area (Å²) in [4.78, 5) is 0. The summed E-state index contributed by atoms with van der Waals surface area (Å²) >= 11 is 0. The topological polar surface area (TPSA) is 34.4 Å². The van der Waals surface area contributed by atoms with Gasteiger partial charge in [0.15, 0.2) is 0 Å². The number of alkyl halides is 2. The van der Waals surface area contributed by atoms with Gasteiger partial charge in [0, 0.05) is 29.2 Å². The molecule has 120 valence electrons. The van der Waals surface area contributed by atoms with E-state index in [1.54, 1.807) is 25.4 Å². The van der Waals surface area contributed by atoms with E-state index in [1.807, 2.05) is 41.0 Å². The summed E-state index contributed by atoms with van der Waals surface area (Å²) in [5, 5.41) is 10.4. The van der Waals surface area contributed by atoms with Crippen molar-refractivity contribution in [1.29, 1.82) is 0 Å². The van der Waals surface area contributed by atoms with E-state index in [2.05, 4.69) is 0 Å². The molecule has 3 nitrogen and oxygen atoms in total. The van der Waals surface area contributed by atoms with Crippen molar-refractivity contribution in [3.05, 3.63) is 65.9 Å². The second-order valence-electron chi connectivity index (χ2n) is 5.36. The quantitative estimate of drug-likeness (QED) is 0.772. The second-order valence-corrected chi connectivity index (χ2v) is 5.36. The Balaban J connectivity index is 2.00. The van der Waals surface area contributed by atoms with Gasteiger partial charge in [0.25, 0.3) is 6.43 Å². The lowest BCUT2D eigenvalue weighted by Gasteiger charge is -2.08. The van der Waals surface area contributed by atoms with Gasteiger partial charge in [-0.05, 0) is 23.8 Å². The van der Waals surface area contributed by atoms with Gasteiger partial charge in [-0.1, -0.05) is 30.3 Å². The van der Waals surface area contributed by atoms with Gasteiger partial charge >= 0.3 is 0 Å². The molecule has 1 unspecified atom stereocenters. The SMILES string of the molecule is COc1ccc(Cn2cc(C(O)C(F)F)c3ccccc32)cc1. The molecule has 1 heterocycles. The fourth-order valence-corrected chi connectivity index (χ4v) is 2.71. The van der Waals surface area contributed by atoms with E-state index in [9.17, 15) is 13.9 Å². The number of nitrogens with zero attached hydrogens (tertiary/aromatic N) is 1. The Morgan fingerprint density at radius 2 is 1.78 bits per heavy atom. The minimum absolute atomic E-state index is 0.254. The minimum atomic E-state index is -2.81. The molecule has 0 aliphatic carbocycles. The molecule has 3 aromatic rings. The first kappa shape index (κ1) is 15.5. The zero-order valence-electron chi connectivity index (χ0n) is 12.6. The van der Waals surface area contributed by atoms with Crippen molar-refractivity contribution >= 4 is 10.9 Å². The molecule has 0 fully saturated rings. The molecule has 0 bridgehead atoms. The summed E-state index contributed by atoms with van der Waals surface area (Å²) in [7, 11) is 1.60. The number of hydrogen-bond acceptors (Lipinski definition) is 2. The first-order valence-electron chi connectivity index (χ1n) is 7.27. The highest BCUT2D eigenvalue weighted by molar-refractivity contribution is 5.84. The molecule has 5 heteroatoms. The molecule has 23 heavy (non-hydrogen) atoms. The highest BCUT2D eigenvalue weighted by atomic mass is 19.3. The Bertz CT molecular complexity index is 796. The lowest BCUT2D eigenvalue weighted by Crippen LogP contribution is -2.07. The molecule has 0 saturated heterocycles. The molecule has 0 aliphatic heterocycles. The molecule has 1 aromatic heterocycles. The van der Waals surface area contributed by atoms with Crippen LogP contribution in [-0.2, 0) is 6.54 Å². The summed E-state index contributed by atoms with van der Waals surface area (Å²) in [5.74, 6) is 0.764. The maximum Gasteiger partial charge on any atom is 0.268 e. The minimum Gasteiger partial charge on any atom is -0.497 e. The number of fused-ring (bicyclic) bond motifs is 1. The molecule has 0 amide bonds. The Morgan fingerprint density at radius 3 is 2.43 bits per heavy atom. The molecule has 0 aliphatic rings. The van der Waals surface area contributed by atoms with Crippen molar-refractivity contribution < 1.29 is 18.6 Å². The molecule has 1 atom stereocenters. The zero-order valence-corrected chi connectivity index (χ0v) is 12.6. The largest absolute Gasteiger partial charge is 0.497 e. The van der Waals surface area contributed by atoms with E-state index in [1.165, 1.54) is 0 Å². The third kappa shape index (κ3) is 3.05. The predicted molar refractivity (Wildman–Crippen MR) is 85.0 cm³/mol. The summed E-state index contributed by atoms with van der Waals surface area (Å²) in [6.07, 6.45) is -2.99. The standard InChI is InChI=1S/C18H17F2NO2/c1-23-13-8-6-12(7-9-13)10-21-11-15(17(22)18(19)20)14-4-2-3-5-16(14)21/h2-9,11,17-18,22H,10H2,1H3. The van der Waals surface area contributed by atoms with Crippen molar-refractivity contribution in [3.8, 4) is 5.75 Å². The van der Waals surface area contributed by atoms with Crippen molar-refractivity contribution in [2.24, 2.45) is 0 Å². The van der Waals surface area contributed by atoms with Crippen LogP contribution in [0.5, 0.6) is 5.75 Å². The predicted octanol–water partition coefficient (Wildman–Crippen LogP) is 4.00. The molecular weight excluding hydrogens is 300 g/mol. The van der Waals surface area contributed by atoms with Crippen LogP contribution in [0.1, 0.15) is 17.2 Å². The number of rotatable bonds is 5. The molecule has 0 saturated carbocycles. The van der Waals surface area contributed by atoms with Gasteiger partial charge in [-0.2, -0.15) is 0 Å². The van der Waals surface area contributed by atoms with Gasteiger partial charge in [-0.15, -0.1) is 0 Å². The summed E-state index contributed by atoms with van der Waals surface area (Å²) in [5.41, 5.74) is 2.09. The van der Waals surface area contributed by atoms with Gasteiger partial charge in [-0.25, -0.2) is 8.78 Å². The number of ether oxygens (including phenoxy) is 1. The van der Waals surface area contributed by atoms with Crippen LogP contribution in [0.4, 0.5) is 8.78 Å². The summed E-state index contributed by atoms with van der Waals surface area (Å²) in [6, 6.07) is 14.8. The smallest absolute Gasteiger partial charge is 0.268 e. The molecular formula is C18H17F2NO2. The van der Waals surface area contributed by atoms with E-state index in [0.717, 1.165) is 16.8 Å². The molecule has 2 aromatic carbocycles. The molecule has 3 rings (SSSR count). The Hall–Kier alpha value is -2.40. The van der Waals surface area contributed by atoms with Crippen LogP contribution in [-0.4, -0.2) is 23.2 Å². The van der Waals surface area contributed by atoms with E-state index in [-0.39, 0.29) is 5.56 Å². The monoisotopic (exact) mass is 317 g/mol. The zero-order chi connectivity index (χ0) is 16.4. The normalized spacial score (nSPS) is 12.7. The van der Waals surface area contributed by atoms with E-state index < -0.39 is 12.5 Å². The van der Waals surface area contributed by atoms with Crippen LogP contribution in [0.15, 0.2) is 54.7 Å². The lowest BCUT2D eigenvalue weighted by molar-refractivity contribution is -0.00503. The fraction of sp³-hybridized carbons (Fsp3) is 0.222. The van der Waals surface area contributed by atoms with Crippen LogP contribution in [0.2, 0.25) is 0 Å². The van der Waals surface area contributed by atoms with Crippen LogP contribution in [0, 0.1) is 0 Å². The third-order valence-electron chi connectivity index (χ3n) is 3.89. The van der Waals surface area contributed by atoms with Crippen LogP contribution < -0.4 is 4.74 Å². The number of methoxy groups -OCH3 is 1. The maximum atomic E-state index is 12.9. The van der Waals surface area contributed by atoms with Crippen molar-refractivity contribution in [2.75, 3.05) is 7.11 Å². The van der Waals surface area contributed by atoms with Gasteiger partial charge in [0.2, 0.25) is 0 Å². The van der Waals surface area contributed by atoms with Crippen LogP contribution in [0.3, 0.4) is 0 Å². The number of benzene rings is 2. The summed E-state index contributed by atoms with van der Waals surface area (Å²) < 4.78 is 32.8. The number of para-hydroxylation sites is 1. The first-order valence-corrected chi connectivity index (χ1v) is 7.27. The van der Waals surface area contributed by atoms with Crippen molar-refractivity contribution in [2.45, 2.75) is 19.1 Å². The van der Waals surface area contributed by atoms with Gasteiger partial charge in [0.1, 0.15) is 11.9 Å². The second kappa shape index (κ2) is 6.38. The average molecular weight is 317 g/mol. The summed E-state index contributed by atoms with van der Waals surface area (Å²) in [6.45, 7) is 0.528. The average Bonchev–Trinajstić information content (AvgIpc) is 2.93. The maximum absolute atomic E-state index is 12.9. The Morgan fingerprint density at radius 1 is 1.09 bits per heavy atom. The first-order chi connectivity index (χ1) is 11.1. The highest BCUT2D eigenvalue weighted by Crippen LogP contribution is 2.30. The Kier molecular flexibility index (Phi) is 4.30. The fourth-order valence-electron chi connectivity index (χ4n) is 2.71. The van der Waals surface area contributed by atoms with Gasteiger partial charge in [0.05, 0.1) is 7.11 Å². The highest BCUT2D eigenvalue weighted by Gasteiger charge is 2.23. The number of aliphatic hydroxyl groups is 1. The molecule has 0 radical (unpaired) electrons. The van der Waals surface area contributed by atoms with E-state index >= 15 is 0 Å². The van der Waals surface area contributed by atoms with Gasteiger partial charge < -0.3 is 14.4 Å². The Labute approximate surface area is 132 Å². The number of hydrogen-bond donors (Lipinski definition) is 1. The van der Waals surface area contributed by atoms with E-state index in [4.69, 9.17) is 4.74 Å². The van der Waals surface area contributed by atoms with E-state index in [0.29, 0.717) is 11.9 Å². The number of aromatic nitrogens is 1. The molecule has 1 N–H and O–H groups in total. The third-order valence-corrected chi connectivity index (χ3v) is 3.89. The lowest BCUT2D eigenvalue weighted by atomic mass is 10.1. The van der Waals surface area contributed by atoms with Crippen LogP contribution in [0.25, 0.3) is 10.9 Å². The van der Waals surface area contributed by atoms with Crippen molar-refractivity contribution in [3.63, 3.8) is 0 Å². The van der Waals surface area contributed by atoms with Crippen molar-refractivity contribution in [1.82, 2.24) is 4.57 Å². The number of halogens is 2.